The molecule has 0 aliphatic carbocycles. The normalized spacial score (nSPS) is 10.1. The molecule has 0 amide bonds. The lowest BCUT2D eigenvalue weighted by atomic mass is 10.2. The van der Waals surface area contributed by atoms with E-state index in [4.69, 9.17) is 5.26 Å². The number of fused-ring (bicyclic) bond motifs is 1. The van der Waals surface area contributed by atoms with Crippen LogP contribution < -0.4 is 5.56 Å². The quantitative estimate of drug-likeness (QED) is 0.710. The number of aromatic nitrogens is 2. The highest BCUT2D eigenvalue weighted by Gasteiger charge is 2.03. The molecule has 0 radical (unpaired) electrons. The van der Waals surface area contributed by atoms with Crippen molar-refractivity contribution in [3.8, 4) is 11.8 Å². The lowest BCUT2D eigenvalue weighted by Gasteiger charge is -1.99. The van der Waals surface area contributed by atoms with E-state index >= 15 is 0 Å². The van der Waals surface area contributed by atoms with Crippen LogP contribution in [0.25, 0.3) is 10.9 Å². The van der Waals surface area contributed by atoms with Gasteiger partial charge in [-0.2, -0.15) is 5.26 Å². The fourth-order valence-corrected chi connectivity index (χ4v) is 1.33. The van der Waals surface area contributed by atoms with Crippen molar-refractivity contribution >= 4 is 10.9 Å². The molecule has 0 aliphatic heterocycles. The topological polar surface area (TPSA) is 89.8 Å². The van der Waals surface area contributed by atoms with Gasteiger partial charge in [-0.3, -0.25) is 4.79 Å². The number of H-pyrrole nitrogens is 1. The second-order valence-electron chi connectivity index (χ2n) is 3.05. The van der Waals surface area contributed by atoms with Gasteiger partial charge in [-0.1, -0.05) is 0 Å². The van der Waals surface area contributed by atoms with E-state index < -0.39 is 0 Å². The first-order valence-electron chi connectivity index (χ1n) is 4.29. The zero-order chi connectivity index (χ0) is 10.8. The second kappa shape index (κ2) is 3.42. The van der Waals surface area contributed by atoms with Gasteiger partial charge in [-0.25, -0.2) is 4.98 Å². The Balaban J connectivity index is 2.74. The predicted molar refractivity (Wildman–Crippen MR) is 53.3 cm³/mol. The van der Waals surface area contributed by atoms with Crippen molar-refractivity contribution in [1.29, 1.82) is 5.26 Å². The summed E-state index contributed by atoms with van der Waals surface area (Å²) in [5.74, 6) is 0.350. The van der Waals surface area contributed by atoms with Crippen molar-refractivity contribution in [2.24, 2.45) is 0 Å². The minimum absolute atomic E-state index is 0.0165. The highest BCUT2D eigenvalue weighted by Crippen LogP contribution is 2.14. The number of hydrogen-bond acceptors (Lipinski definition) is 4. The van der Waals surface area contributed by atoms with Crippen molar-refractivity contribution in [1.82, 2.24) is 9.97 Å². The van der Waals surface area contributed by atoms with Crippen LogP contribution in [0.5, 0.6) is 5.75 Å². The van der Waals surface area contributed by atoms with Gasteiger partial charge in [-0.05, 0) is 18.2 Å². The maximum atomic E-state index is 11.5. The number of benzene rings is 1. The lowest BCUT2D eigenvalue weighted by molar-refractivity contribution is 0.476. The Morgan fingerprint density at radius 1 is 1.53 bits per heavy atom. The van der Waals surface area contributed by atoms with Crippen LogP contribution in [0.3, 0.4) is 0 Å². The van der Waals surface area contributed by atoms with Gasteiger partial charge < -0.3 is 10.1 Å². The molecular formula is C10H7N3O2. The number of hydrogen-bond donors (Lipinski definition) is 2. The number of aromatic amines is 1. The van der Waals surface area contributed by atoms with E-state index in [-0.39, 0.29) is 17.7 Å². The third-order valence-corrected chi connectivity index (χ3v) is 1.98. The molecule has 0 saturated heterocycles. The number of nitrogens with one attached hydrogen (secondary N) is 1. The van der Waals surface area contributed by atoms with Gasteiger partial charge in [0.15, 0.2) is 0 Å². The van der Waals surface area contributed by atoms with Gasteiger partial charge in [0, 0.05) is 0 Å². The standard InChI is InChI=1S/C10H7N3O2/c11-4-3-9-12-8-2-1-6(14)5-7(8)10(15)13-9/h1-2,5,14H,3H2,(H,12,13,15). The average molecular weight is 201 g/mol. The van der Waals surface area contributed by atoms with E-state index in [0.29, 0.717) is 16.7 Å². The highest BCUT2D eigenvalue weighted by molar-refractivity contribution is 5.78. The number of aromatic hydroxyl groups is 1. The monoisotopic (exact) mass is 201 g/mol. The van der Waals surface area contributed by atoms with Gasteiger partial charge >= 0.3 is 0 Å². The summed E-state index contributed by atoms with van der Waals surface area (Å²) in [6.45, 7) is 0. The van der Waals surface area contributed by atoms with Gasteiger partial charge in [-0.15, -0.1) is 0 Å². The van der Waals surface area contributed by atoms with Crippen LogP contribution in [-0.4, -0.2) is 15.1 Å². The van der Waals surface area contributed by atoms with E-state index in [1.807, 2.05) is 6.07 Å². The fraction of sp³-hybridized carbons (Fsp3) is 0.100. The summed E-state index contributed by atoms with van der Waals surface area (Å²) in [5, 5.41) is 18.0. The average Bonchev–Trinajstić information content (AvgIpc) is 2.20. The van der Waals surface area contributed by atoms with Crippen molar-refractivity contribution in [3.63, 3.8) is 0 Å². The summed E-state index contributed by atoms with van der Waals surface area (Å²) < 4.78 is 0. The molecule has 2 aromatic rings. The van der Waals surface area contributed by atoms with Crippen molar-refractivity contribution in [2.45, 2.75) is 6.42 Å². The molecule has 0 saturated carbocycles. The van der Waals surface area contributed by atoms with Gasteiger partial charge in [0.25, 0.3) is 5.56 Å². The Morgan fingerprint density at radius 3 is 3.07 bits per heavy atom. The third kappa shape index (κ3) is 1.65. The predicted octanol–water partition coefficient (Wildman–Crippen LogP) is 0.695. The molecule has 0 fully saturated rings. The fourth-order valence-electron chi connectivity index (χ4n) is 1.33. The van der Waals surface area contributed by atoms with Crippen LogP contribution in [0, 0.1) is 11.3 Å². The first-order chi connectivity index (χ1) is 7.20. The highest BCUT2D eigenvalue weighted by atomic mass is 16.3. The molecule has 0 spiro atoms. The second-order valence-corrected chi connectivity index (χ2v) is 3.05. The first kappa shape index (κ1) is 9.21. The number of phenols is 1. The van der Waals surface area contributed by atoms with E-state index in [1.54, 1.807) is 6.07 Å². The van der Waals surface area contributed by atoms with E-state index in [9.17, 15) is 9.90 Å². The van der Waals surface area contributed by atoms with Crippen molar-refractivity contribution in [2.75, 3.05) is 0 Å². The minimum atomic E-state index is -0.346. The molecular weight excluding hydrogens is 194 g/mol. The molecule has 0 unspecified atom stereocenters. The Hall–Kier alpha value is -2.35. The van der Waals surface area contributed by atoms with Crippen LogP contribution in [0.15, 0.2) is 23.0 Å². The number of nitrogens with zero attached hydrogens (tertiary/aromatic N) is 2. The summed E-state index contributed by atoms with van der Waals surface area (Å²) in [4.78, 5) is 18.1. The van der Waals surface area contributed by atoms with Crippen molar-refractivity contribution < 1.29 is 5.11 Å². The third-order valence-electron chi connectivity index (χ3n) is 1.98. The van der Waals surface area contributed by atoms with Gasteiger partial charge in [0.05, 0.1) is 23.4 Å². The molecule has 1 aromatic carbocycles. The lowest BCUT2D eigenvalue weighted by Crippen LogP contribution is -2.11. The van der Waals surface area contributed by atoms with E-state index in [0.717, 1.165) is 0 Å². The Labute approximate surface area is 84.6 Å². The summed E-state index contributed by atoms with van der Waals surface area (Å²) >= 11 is 0. The molecule has 1 heterocycles. The Bertz CT molecular complexity index is 610. The largest absolute Gasteiger partial charge is 0.508 e. The molecule has 0 atom stereocenters. The minimum Gasteiger partial charge on any atom is -0.508 e. The summed E-state index contributed by atoms with van der Waals surface area (Å²) in [5.41, 5.74) is 0.128. The van der Waals surface area contributed by atoms with E-state index in [2.05, 4.69) is 9.97 Å². The summed E-state index contributed by atoms with van der Waals surface area (Å²) in [7, 11) is 0. The van der Waals surface area contributed by atoms with Crippen molar-refractivity contribution in [3.05, 3.63) is 34.4 Å². The van der Waals surface area contributed by atoms with Crippen LogP contribution in [-0.2, 0) is 6.42 Å². The SMILES string of the molecule is N#CCc1nc2ccc(O)cc2c(=O)[nH]1. The van der Waals surface area contributed by atoms with Crippen LogP contribution >= 0.6 is 0 Å². The zero-order valence-corrected chi connectivity index (χ0v) is 7.69. The number of rotatable bonds is 1. The van der Waals surface area contributed by atoms with Gasteiger partial charge in [0.1, 0.15) is 11.6 Å². The molecule has 5 heteroatoms. The van der Waals surface area contributed by atoms with Gasteiger partial charge in [0.2, 0.25) is 0 Å². The maximum Gasteiger partial charge on any atom is 0.258 e. The summed E-state index contributed by atoms with van der Waals surface area (Å²) in [6, 6.07) is 6.24. The molecule has 2 rings (SSSR count). The molecule has 5 nitrogen and oxygen atoms in total. The Morgan fingerprint density at radius 2 is 2.33 bits per heavy atom. The van der Waals surface area contributed by atoms with Crippen LogP contribution in [0.4, 0.5) is 0 Å². The van der Waals surface area contributed by atoms with Crippen LogP contribution in [0.1, 0.15) is 5.82 Å². The zero-order valence-electron chi connectivity index (χ0n) is 7.69. The molecule has 2 N–H and O–H groups in total. The van der Waals surface area contributed by atoms with Crippen LogP contribution in [0.2, 0.25) is 0 Å². The molecule has 0 aliphatic rings. The summed E-state index contributed by atoms with van der Waals surface area (Å²) in [6.07, 6.45) is 0.0616. The number of phenolic OH excluding ortho intramolecular Hbond substituents is 1. The molecule has 74 valence electrons. The molecule has 1 aromatic heterocycles. The first-order valence-corrected chi connectivity index (χ1v) is 4.29. The smallest absolute Gasteiger partial charge is 0.258 e. The number of nitriles is 1. The maximum absolute atomic E-state index is 11.5. The Kier molecular flexibility index (Phi) is 2.10. The van der Waals surface area contributed by atoms with E-state index in [1.165, 1.54) is 12.1 Å². The molecule has 15 heavy (non-hydrogen) atoms. The molecule has 0 bridgehead atoms.